The summed E-state index contributed by atoms with van der Waals surface area (Å²) < 4.78 is 6.55. The van der Waals surface area contributed by atoms with Gasteiger partial charge in [0.05, 0.1) is 11.4 Å². The van der Waals surface area contributed by atoms with Crippen molar-refractivity contribution in [1.29, 1.82) is 0 Å². The van der Waals surface area contributed by atoms with Crippen molar-refractivity contribution in [1.82, 2.24) is 19.7 Å². The van der Waals surface area contributed by atoms with E-state index >= 15 is 0 Å². The molecule has 2 aliphatic rings. The molecule has 2 amide bonds. The van der Waals surface area contributed by atoms with E-state index in [1.165, 1.54) is 4.57 Å². The first-order chi connectivity index (χ1) is 14.5. The highest BCUT2D eigenvalue weighted by Crippen LogP contribution is 2.20. The van der Waals surface area contributed by atoms with Gasteiger partial charge in [0.15, 0.2) is 5.58 Å². The van der Waals surface area contributed by atoms with Gasteiger partial charge in [0.2, 0.25) is 11.8 Å². The van der Waals surface area contributed by atoms with Gasteiger partial charge in [-0.3, -0.25) is 14.2 Å². The van der Waals surface area contributed by atoms with Crippen molar-refractivity contribution < 1.29 is 14.0 Å². The maximum Gasteiger partial charge on any atom is 0.420 e. The summed E-state index contributed by atoms with van der Waals surface area (Å²) in [5.74, 6) is -0.614. The Bertz CT molecular complexity index is 1010. The smallest absolute Gasteiger partial charge is 0.408 e. The first kappa shape index (κ1) is 20.4. The van der Waals surface area contributed by atoms with Crippen molar-refractivity contribution in [3.8, 4) is 0 Å². The van der Waals surface area contributed by atoms with E-state index in [2.05, 4.69) is 16.3 Å². The number of amides is 2. The molecular formula is C22H28N4O4. The molecule has 0 aliphatic carbocycles. The maximum absolute atomic E-state index is 12.9. The van der Waals surface area contributed by atoms with E-state index in [0.717, 1.165) is 25.8 Å². The SMILES string of the molecule is CN1C[C@@H](NC(=O)Cn2c(=O)oc3ccccc32)CC[C@@H](C(=O)N2CC=CCC2)C1. The van der Waals surface area contributed by atoms with E-state index in [1.807, 2.05) is 18.0 Å². The van der Waals surface area contributed by atoms with E-state index in [9.17, 15) is 14.4 Å². The molecule has 0 bridgehead atoms. The van der Waals surface area contributed by atoms with E-state index < -0.39 is 5.76 Å². The third-order valence-electron chi connectivity index (χ3n) is 5.89. The predicted octanol–water partition coefficient (Wildman–Crippen LogP) is 1.21. The van der Waals surface area contributed by atoms with Gasteiger partial charge < -0.3 is 19.5 Å². The number of aromatic nitrogens is 1. The van der Waals surface area contributed by atoms with Gasteiger partial charge in [0, 0.05) is 32.2 Å². The Labute approximate surface area is 175 Å². The summed E-state index contributed by atoms with van der Waals surface area (Å²) in [4.78, 5) is 41.7. The van der Waals surface area contributed by atoms with Crippen LogP contribution in [0.1, 0.15) is 19.3 Å². The molecule has 2 aromatic rings. The second-order valence-electron chi connectivity index (χ2n) is 8.23. The summed E-state index contributed by atoms with van der Waals surface area (Å²) in [6.07, 6.45) is 6.55. The molecular weight excluding hydrogens is 384 g/mol. The fourth-order valence-corrected chi connectivity index (χ4v) is 4.41. The van der Waals surface area contributed by atoms with E-state index in [1.54, 1.807) is 24.3 Å². The van der Waals surface area contributed by atoms with Crippen molar-refractivity contribution in [2.24, 2.45) is 5.92 Å². The summed E-state index contributed by atoms with van der Waals surface area (Å²) in [5.41, 5.74) is 1.08. The summed E-state index contributed by atoms with van der Waals surface area (Å²) in [6.45, 7) is 2.75. The van der Waals surface area contributed by atoms with E-state index in [0.29, 0.717) is 30.7 Å². The molecule has 1 aromatic heterocycles. The number of fused-ring (bicyclic) bond motifs is 1. The van der Waals surface area contributed by atoms with Crippen LogP contribution in [-0.4, -0.2) is 65.4 Å². The van der Waals surface area contributed by atoms with Crippen molar-refractivity contribution in [3.05, 3.63) is 47.0 Å². The second-order valence-corrected chi connectivity index (χ2v) is 8.23. The Morgan fingerprint density at radius 1 is 1.17 bits per heavy atom. The molecule has 2 atom stereocenters. The number of para-hydroxylation sites is 2. The quantitative estimate of drug-likeness (QED) is 0.763. The van der Waals surface area contributed by atoms with Crippen molar-refractivity contribution in [3.63, 3.8) is 0 Å². The van der Waals surface area contributed by atoms with Crippen LogP contribution in [0.15, 0.2) is 45.6 Å². The minimum atomic E-state index is -0.537. The van der Waals surface area contributed by atoms with Gasteiger partial charge in [-0.25, -0.2) is 4.79 Å². The highest BCUT2D eigenvalue weighted by Gasteiger charge is 2.30. The van der Waals surface area contributed by atoms with Crippen LogP contribution in [0.2, 0.25) is 0 Å². The minimum Gasteiger partial charge on any atom is -0.408 e. The molecule has 8 nitrogen and oxygen atoms in total. The van der Waals surface area contributed by atoms with Crippen LogP contribution in [0, 0.1) is 5.92 Å². The molecule has 3 heterocycles. The lowest BCUT2D eigenvalue weighted by atomic mass is 9.99. The fraction of sp³-hybridized carbons (Fsp3) is 0.500. The van der Waals surface area contributed by atoms with Gasteiger partial charge in [0.25, 0.3) is 0 Å². The van der Waals surface area contributed by atoms with Gasteiger partial charge in [0.1, 0.15) is 6.54 Å². The van der Waals surface area contributed by atoms with Gasteiger partial charge in [-0.2, -0.15) is 0 Å². The summed E-state index contributed by atoms with van der Waals surface area (Å²) in [7, 11) is 1.98. The van der Waals surface area contributed by atoms with Gasteiger partial charge in [-0.15, -0.1) is 0 Å². The zero-order valence-electron chi connectivity index (χ0n) is 17.3. The molecule has 0 saturated carbocycles. The molecule has 8 heteroatoms. The number of hydrogen-bond donors (Lipinski definition) is 1. The topological polar surface area (TPSA) is 87.8 Å². The average molecular weight is 412 g/mol. The Kier molecular flexibility index (Phi) is 6.03. The molecule has 0 radical (unpaired) electrons. The molecule has 1 fully saturated rings. The molecule has 0 unspecified atom stereocenters. The monoisotopic (exact) mass is 412 g/mol. The van der Waals surface area contributed by atoms with Crippen LogP contribution in [-0.2, 0) is 16.1 Å². The standard InChI is InChI=1S/C22H28N4O4/c1-24-13-16(21(28)25-11-5-2-6-12-25)9-10-17(14-24)23-20(27)15-26-18-7-3-4-8-19(18)30-22(26)29/h2-5,7-8,16-17H,6,9-15H2,1H3,(H,23,27)/t16-,17+/m1/s1. The van der Waals surface area contributed by atoms with Crippen LogP contribution >= 0.6 is 0 Å². The average Bonchev–Trinajstić information content (AvgIpc) is 2.93. The van der Waals surface area contributed by atoms with Crippen LogP contribution in [0.4, 0.5) is 0 Å². The van der Waals surface area contributed by atoms with Crippen molar-refractivity contribution in [2.75, 3.05) is 33.2 Å². The third-order valence-corrected chi connectivity index (χ3v) is 5.89. The lowest BCUT2D eigenvalue weighted by Gasteiger charge is -2.28. The Morgan fingerprint density at radius 3 is 2.80 bits per heavy atom. The zero-order valence-corrected chi connectivity index (χ0v) is 17.3. The first-order valence-electron chi connectivity index (χ1n) is 10.5. The lowest BCUT2D eigenvalue weighted by Crippen LogP contribution is -2.44. The predicted molar refractivity (Wildman–Crippen MR) is 113 cm³/mol. The number of rotatable bonds is 4. The molecule has 1 N–H and O–H groups in total. The summed E-state index contributed by atoms with van der Waals surface area (Å²) >= 11 is 0. The van der Waals surface area contributed by atoms with Crippen LogP contribution in [0.25, 0.3) is 11.1 Å². The number of nitrogens with zero attached hydrogens (tertiary/aromatic N) is 3. The number of benzene rings is 1. The fourth-order valence-electron chi connectivity index (χ4n) is 4.41. The van der Waals surface area contributed by atoms with Gasteiger partial charge >= 0.3 is 5.76 Å². The number of likely N-dealkylation sites (N-methyl/N-ethyl adjacent to an activating group) is 1. The van der Waals surface area contributed by atoms with Crippen LogP contribution in [0.3, 0.4) is 0 Å². The van der Waals surface area contributed by atoms with Crippen molar-refractivity contribution in [2.45, 2.75) is 31.8 Å². The molecule has 30 heavy (non-hydrogen) atoms. The molecule has 4 rings (SSSR count). The summed E-state index contributed by atoms with van der Waals surface area (Å²) in [5, 5.41) is 3.04. The van der Waals surface area contributed by atoms with E-state index in [-0.39, 0.29) is 30.3 Å². The normalized spacial score (nSPS) is 22.8. The highest BCUT2D eigenvalue weighted by atomic mass is 16.4. The highest BCUT2D eigenvalue weighted by molar-refractivity contribution is 5.80. The maximum atomic E-state index is 12.9. The third kappa shape index (κ3) is 4.48. The van der Waals surface area contributed by atoms with E-state index in [4.69, 9.17) is 4.42 Å². The first-order valence-corrected chi connectivity index (χ1v) is 10.5. The Hall–Kier alpha value is -2.87. The molecule has 1 saturated heterocycles. The number of likely N-dealkylation sites (tertiary alicyclic amines) is 1. The zero-order chi connectivity index (χ0) is 21.1. The largest absolute Gasteiger partial charge is 0.420 e. The van der Waals surface area contributed by atoms with Crippen LogP contribution in [0.5, 0.6) is 0 Å². The molecule has 0 spiro atoms. The number of hydrogen-bond acceptors (Lipinski definition) is 5. The lowest BCUT2D eigenvalue weighted by molar-refractivity contribution is -0.135. The number of carbonyl (C=O) groups is 2. The van der Waals surface area contributed by atoms with Gasteiger partial charge in [-0.05, 0) is 38.4 Å². The second kappa shape index (κ2) is 8.87. The van der Waals surface area contributed by atoms with Crippen LogP contribution < -0.4 is 11.1 Å². The van der Waals surface area contributed by atoms with Crippen molar-refractivity contribution >= 4 is 22.9 Å². The molecule has 1 aromatic carbocycles. The number of carbonyl (C=O) groups excluding carboxylic acids is 2. The number of nitrogens with one attached hydrogen (secondary N) is 1. The Morgan fingerprint density at radius 2 is 2.00 bits per heavy atom. The van der Waals surface area contributed by atoms with Gasteiger partial charge in [-0.1, -0.05) is 24.3 Å². The minimum absolute atomic E-state index is 0.0520. The number of oxazole rings is 1. The Balaban J connectivity index is 1.37. The molecule has 2 aliphatic heterocycles. The summed E-state index contributed by atoms with van der Waals surface area (Å²) in [6, 6.07) is 7.01. The molecule has 160 valence electrons.